The topological polar surface area (TPSA) is 71.0 Å². The predicted molar refractivity (Wildman–Crippen MR) is 73.4 cm³/mol. The molecule has 1 aromatic rings. The summed E-state index contributed by atoms with van der Waals surface area (Å²) in [6.45, 7) is 2.92. The highest BCUT2D eigenvalue weighted by molar-refractivity contribution is 5.27. The van der Waals surface area contributed by atoms with Crippen LogP contribution in [0.15, 0.2) is 24.3 Å². The van der Waals surface area contributed by atoms with E-state index in [1.54, 1.807) is 7.11 Å². The highest BCUT2D eigenvalue weighted by Gasteiger charge is 2.10. The largest absolute Gasteiger partial charge is 0.491 e. The second kappa shape index (κ2) is 8.87. The van der Waals surface area contributed by atoms with E-state index in [1.807, 2.05) is 31.2 Å². The summed E-state index contributed by atoms with van der Waals surface area (Å²) in [5, 5.41) is 21.8. The fourth-order valence-corrected chi connectivity index (χ4v) is 1.64. The van der Waals surface area contributed by atoms with Crippen LogP contribution in [0.5, 0.6) is 5.75 Å². The van der Waals surface area contributed by atoms with Crippen LogP contribution in [0.3, 0.4) is 0 Å². The quantitative estimate of drug-likeness (QED) is 0.603. The lowest BCUT2D eigenvalue weighted by Crippen LogP contribution is -2.42. The zero-order chi connectivity index (χ0) is 14.1. The summed E-state index contributed by atoms with van der Waals surface area (Å²) in [4.78, 5) is 0. The average Bonchev–Trinajstić information content (AvgIpc) is 2.41. The number of aryl methyl sites for hydroxylation is 1. The van der Waals surface area contributed by atoms with Crippen molar-refractivity contribution in [2.75, 3.05) is 33.5 Å². The Balaban J connectivity index is 2.25. The van der Waals surface area contributed by atoms with Crippen LogP contribution >= 0.6 is 0 Å². The Kier molecular flexibility index (Phi) is 7.43. The van der Waals surface area contributed by atoms with Crippen LogP contribution < -0.4 is 10.1 Å². The summed E-state index contributed by atoms with van der Waals surface area (Å²) in [5.41, 5.74) is 1.12. The lowest BCUT2D eigenvalue weighted by Gasteiger charge is -2.18. The van der Waals surface area contributed by atoms with Crippen molar-refractivity contribution < 1.29 is 19.7 Å². The summed E-state index contributed by atoms with van der Waals surface area (Å²) in [5.74, 6) is 0.745. The monoisotopic (exact) mass is 269 g/mol. The third-order valence-corrected chi connectivity index (χ3v) is 2.66. The Labute approximate surface area is 114 Å². The van der Waals surface area contributed by atoms with Crippen molar-refractivity contribution >= 4 is 0 Å². The molecule has 0 aromatic heterocycles. The van der Waals surface area contributed by atoms with Gasteiger partial charge >= 0.3 is 0 Å². The van der Waals surface area contributed by atoms with Gasteiger partial charge in [0.15, 0.2) is 0 Å². The first kappa shape index (κ1) is 15.9. The van der Waals surface area contributed by atoms with E-state index in [-0.39, 0.29) is 19.3 Å². The smallest absolute Gasteiger partial charge is 0.119 e. The first-order chi connectivity index (χ1) is 9.15. The number of aliphatic hydroxyl groups excluding tert-OH is 2. The Bertz CT molecular complexity index is 359. The molecule has 19 heavy (non-hydrogen) atoms. The zero-order valence-electron chi connectivity index (χ0n) is 11.5. The van der Waals surface area contributed by atoms with Gasteiger partial charge in [-0.05, 0) is 24.6 Å². The van der Waals surface area contributed by atoms with Gasteiger partial charge in [0, 0.05) is 13.7 Å². The number of nitrogens with one attached hydrogen (secondary N) is 1. The highest BCUT2D eigenvalue weighted by atomic mass is 16.5. The lowest BCUT2D eigenvalue weighted by atomic mass is 10.2. The van der Waals surface area contributed by atoms with Gasteiger partial charge in [0.2, 0.25) is 0 Å². The van der Waals surface area contributed by atoms with Crippen molar-refractivity contribution in [1.29, 1.82) is 0 Å². The molecule has 2 unspecified atom stereocenters. The molecule has 0 amide bonds. The van der Waals surface area contributed by atoms with E-state index in [0.717, 1.165) is 11.3 Å². The van der Waals surface area contributed by atoms with Gasteiger partial charge < -0.3 is 25.0 Å². The molecule has 1 aromatic carbocycles. The van der Waals surface area contributed by atoms with Gasteiger partial charge in [0.05, 0.1) is 19.3 Å². The first-order valence-corrected chi connectivity index (χ1v) is 6.36. The van der Waals surface area contributed by atoms with Gasteiger partial charge in [0.25, 0.3) is 0 Å². The summed E-state index contributed by atoms with van der Waals surface area (Å²) < 4.78 is 10.4. The van der Waals surface area contributed by atoms with Crippen molar-refractivity contribution in [1.82, 2.24) is 5.32 Å². The molecule has 0 saturated heterocycles. The van der Waals surface area contributed by atoms with Crippen LogP contribution in [0.2, 0.25) is 0 Å². The van der Waals surface area contributed by atoms with Crippen molar-refractivity contribution in [2.45, 2.75) is 19.1 Å². The third kappa shape index (κ3) is 6.54. The number of hydrogen-bond acceptors (Lipinski definition) is 5. The SMILES string of the molecule is COCC(CO)NCC(O)COc1cccc(C)c1. The summed E-state index contributed by atoms with van der Waals surface area (Å²) in [6, 6.07) is 7.51. The molecule has 0 aliphatic carbocycles. The van der Waals surface area contributed by atoms with Crippen LogP contribution in [-0.4, -0.2) is 55.8 Å². The molecule has 0 saturated carbocycles. The molecule has 0 heterocycles. The molecule has 5 heteroatoms. The first-order valence-electron chi connectivity index (χ1n) is 6.36. The van der Waals surface area contributed by atoms with Gasteiger partial charge in [-0.15, -0.1) is 0 Å². The molecule has 0 spiro atoms. The molecule has 0 bridgehead atoms. The van der Waals surface area contributed by atoms with Crippen molar-refractivity contribution in [3.63, 3.8) is 0 Å². The van der Waals surface area contributed by atoms with Crippen molar-refractivity contribution in [2.24, 2.45) is 0 Å². The Hall–Kier alpha value is -1.14. The Morgan fingerprint density at radius 1 is 1.32 bits per heavy atom. The minimum absolute atomic E-state index is 0.0285. The molecule has 2 atom stereocenters. The van der Waals surface area contributed by atoms with E-state index >= 15 is 0 Å². The van der Waals surface area contributed by atoms with Crippen LogP contribution in [-0.2, 0) is 4.74 Å². The number of benzene rings is 1. The molecule has 0 aliphatic heterocycles. The minimum atomic E-state index is -0.633. The van der Waals surface area contributed by atoms with Gasteiger partial charge in [-0.2, -0.15) is 0 Å². The summed E-state index contributed by atoms with van der Waals surface area (Å²) in [6.07, 6.45) is -0.633. The standard InChI is InChI=1S/C14H23NO4/c1-11-4-3-5-14(6-11)19-10-13(17)7-15-12(8-16)9-18-2/h3-6,12-13,15-17H,7-10H2,1-2H3. The van der Waals surface area contributed by atoms with E-state index in [4.69, 9.17) is 14.6 Å². The van der Waals surface area contributed by atoms with Gasteiger partial charge in [-0.3, -0.25) is 0 Å². The molecule has 1 rings (SSSR count). The maximum absolute atomic E-state index is 9.78. The van der Waals surface area contributed by atoms with Gasteiger partial charge in [-0.1, -0.05) is 12.1 Å². The van der Waals surface area contributed by atoms with E-state index in [0.29, 0.717) is 13.2 Å². The second-order valence-electron chi connectivity index (χ2n) is 4.52. The minimum Gasteiger partial charge on any atom is -0.491 e. The molecular formula is C14H23NO4. The average molecular weight is 269 g/mol. The maximum atomic E-state index is 9.78. The maximum Gasteiger partial charge on any atom is 0.119 e. The molecule has 108 valence electrons. The fraction of sp³-hybridized carbons (Fsp3) is 0.571. The summed E-state index contributed by atoms with van der Waals surface area (Å²) >= 11 is 0. The van der Waals surface area contributed by atoms with Gasteiger partial charge in [-0.25, -0.2) is 0 Å². The number of ether oxygens (including phenoxy) is 2. The fourth-order valence-electron chi connectivity index (χ4n) is 1.64. The van der Waals surface area contributed by atoms with Crippen molar-refractivity contribution in [3.8, 4) is 5.75 Å². The van der Waals surface area contributed by atoms with Crippen LogP contribution in [0.4, 0.5) is 0 Å². The van der Waals surface area contributed by atoms with Crippen molar-refractivity contribution in [3.05, 3.63) is 29.8 Å². The Morgan fingerprint density at radius 2 is 2.11 bits per heavy atom. The van der Waals surface area contributed by atoms with Crippen LogP contribution in [0.25, 0.3) is 0 Å². The Morgan fingerprint density at radius 3 is 2.74 bits per heavy atom. The highest BCUT2D eigenvalue weighted by Crippen LogP contribution is 2.12. The number of methoxy groups -OCH3 is 1. The van der Waals surface area contributed by atoms with Crippen LogP contribution in [0, 0.1) is 6.92 Å². The molecule has 0 fully saturated rings. The summed E-state index contributed by atoms with van der Waals surface area (Å²) in [7, 11) is 1.57. The zero-order valence-corrected chi connectivity index (χ0v) is 11.5. The molecule has 0 aliphatic rings. The molecule has 3 N–H and O–H groups in total. The van der Waals surface area contributed by atoms with E-state index in [1.165, 1.54) is 0 Å². The number of aliphatic hydroxyl groups is 2. The number of rotatable bonds is 9. The van der Waals surface area contributed by atoms with E-state index in [9.17, 15) is 5.11 Å². The predicted octanol–water partition coefficient (Wildman–Crippen LogP) is 0.332. The lowest BCUT2D eigenvalue weighted by molar-refractivity contribution is 0.0854. The van der Waals surface area contributed by atoms with Crippen LogP contribution in [0.1, 0.15) is 5.56 Å². The van der Waals surface area contributed by atoms with Gasteiger partial charge in [0.1, 0.15) is 18.5 Å². The molecule has 0 radical (unpaired) electrons. The van der Waals surface area contributed by atoms with E-state index < -0.39 is 6.10 Å². The third-order valence-electron chi connectivity index (χ3n) is 2.66. The normalized spacial score (nSPS) is 14.1. The molecular weight excluding hydrogens is 246 g/mol. The number of hydrogen-bond donors (Lipinski definition) is 3. The van der Waals surface area contributed by atoms with E-state index in [2.05, 4.69) is 5.32 Å². The molecule has 5 nitrogen and oxygen atoms in total. The second-order valence-corrected chi connectivity index (χ2v) is 4.52.